The summed E-state index contributed by atoms with van der Waals surface area (Å²) in [5.74, 6) is 1.64. The molecule has 1 amide bonds. The van der Waals surface area contributed by atoms with Gasteiger partial charge in [-0.1, -0.05) is 35.5 Å². The third-order valence-electron chi connectivity index (χ3n) is 3.67. The Bertz CT molecular complexity index is 573. The maximum absolute atomic E-state index is 12.2. The molecule has 5 nitrogen and oxygen atoms in total. The van der Waals surface area contributed by atoms with E-state index in [-0.39, 0.29) is 11.9 Å². The second kappa shape index (κ2) is 6.76. The van der Waals surface area contributed by atoms with Crippen molar-refractivity contribution in [3.63, 3.8) is 0 Å². The van der Waals surface area contributed by atoms with E-state index in [2.05, 4.69) is 22.4 Å². The van der Waals surface area contributed by atoms with E-state index < -0.39 is 0 Å². The van der Waals surface area contributed by atoms with Gasteiger partial charge in [-0.3, -0.25) is 4.79 Å². The van der Waals surface area contributed by atoms with E-state index in [1.54, 1.807) is 18.0 Å². The summed E-state index contributed by atoms with van der Waals surface area (Å²) >= 11 is 1.67. The second-order valence-electron chi connectivity index (χ2n) is 5.14. The molecule has 0 unspecified atom stereocenters. The van der Waals surface area contributed by atoms with Crippen LogP contribution in [0.1, 0.15) is 18.0 Å². The van der Waals surface area contributed by atoms with Gasteiger partial charge in [0.1, 0.15) is 0 Å². The van der Waals surface area contributed by atoms with E-state index in [4.69, 9.17) is 0 Å². The number of hydrogen-bond donors (Lipinski definition) is 0. The predicted molar refractivity (Wildman–Crippen MR) is 82.9 cm³/mol. The van der Waals surface area contributed by atoms with Crippen LogP contribution in [-0.4, -0.2) is 44.6 Å². The number of thioether (sulfide) groups is 1. The van der Waals surface area contributed by atoms with Crippen LogP contribution in [0.3, 0.4) is 0 Å². The average Bonchev–Trinajstić information content (AvgIpc) is 3.19. The van der Waals surface area contributed by atoms with E-state index in [0.29, 0.717) is 5.75 Å². The zero-order chi connectivity index (χ0) is 14.5. The van der Waals surface area contributed by atoms with Gasteiger partial charge in [-0.25, -0.2) is 4.68 Å². The highest BCUT2D eigenvalue weighted by atomic mass is 32.2. The normalized spacial score (nSPS) is 18.1. The number of benzene rings is 1. The Kier molecular flexibility index (Phi) is 4.55. The number of nitrogens with zero attached hydrogens (tertiary/aromatic N) is 4. The topological polar surface area (TPSA) is 51.0 Å². The second-order valence-corrected chi connectivity index (χ2v) is 6.13. The van der Waals surface area contributed by atoms with Crippen molar-refractivity contribution in [1.82, 2.24) is 19.9 Å². The molecule has 0 bridgehead atoms. The predicted octanol–water partition coefficient (Wildman–Crippen LogP) is 1.98. The molecule has 1 aromatic carbocycles. The first-order valence-corrected chi connectivity index (χ1v) is 8.23. The molecule has 2 aromatic rings. The Morgan fingerprint density at radius 1 is 1.33 bits per heavy atom. The van der Waals surface area contributed by atoms with Crippen molar-refractivity contribution in [2.45, 2.75) is 18.2 Å². The Morgan fingerprint density at radius 3 is 2.95 bits per heavy atom. The van der Waals surface area contributed by atoms with Crippen molar-refractivity contribution < 1.29 is 4.79 Å². The molecule has 0 spiro atoms. The minimum atomic E-state index is 0.221. The minimum Gasteiger partial charge on any atom is -0.340 e. The minimum absolute atomic E-state index is 0.221. The molecular formula is C15H18N4OS. The molecule has 1 aliphatic rings. The number of hydrogen-bond acceptors (Lipinski definition) is 4. The number of carbonyl (C=O) groups excluding carboxylic acids is 1. The molecule has 6 heteroatoms. The van der Waals surface area contributed by atoms with Crippen LogP contribution in [0, 0.1) is 0 Å². The molecule has 1 aromatic heterocycles. The van der Waals surface area contributed by atoms with Crippen molar-refractivity contribution in [1.29, 1.82) is 0 Å². The van der Waals surface area contributed by atoms with Gasteiger partial charge < -0.3 is 4.90 Å². The van der Waals surface area contributed by atoms with Crippen molar-refractivity contribution in [3.05, 3.63) is 48.3 Å². The fraction of sp³-hybridized carbons (Fsp3) is 0.400. The zero-order valence-electron chi connectivity index (χ0n) is 11.8. The van der Waals surface area contributed by atoms with Gasteiger partial charge >= 0.3 is 0 Å². The Morgan fingerprint density at radius 2 is 2.19 bits per heavy atom. The lowest BCUT2D eigenvalue weighted by molar-refractivity contribution is -0.127. The first kappa shape index (κ1) is 14.1. The summed E-state index contributed by atoms with van der Waals surface area (Å²) in [6, 6.07) is 10.5. The molecule has 2 heterocycles. The summed E-state index contributed by atoms with van der Waals surface area (Å²) in [4.78, 5) is 14.1. The van der Waals surface area contributed by atoms with Crippen molar-refractivity contribution in [2.75, 3.05) is 18.8 Å². The Labute approximate surface area is 128 Å². The molecule has 21 heavy (non-hydrogen) atoms. The first-order chi connectivity index (χ1) is 10.3. The largest absolute Gasteiger partial charge is 0.340 e. The molecular weight excluding hydrogens is 284 g/mol. The van der Waals surface area contributed by atoms with Crippen molar-refractivity contribution in [2.24, 2.45) is 0 Å². The maximum Gasteiger partial charge on any atom is 0.232 e. The van der Waals surface area contributed by atoms with Crippen LogP contribution in [0.25, 0.3) is 0 Å². The van der Waals surface area contributed by atoms with Gasteiger partial charge in [0.25, 0.3) is 0 Å². The van der Waals surface area contributed by atoms with Crippen LogP contribution in [-0.2, 0) is 10.5 Å². The third kappa shape index (κ3) is 3.64. The van der Waals surface area contributed by atoms with Crippen LogP contribution in [0.4, 0.5) is 0 Å². The smallest absolute Gasteiger partial charge is 0.232 e. The van der Waals surface area contributed by atoms with E-state index >= 15 is 0 Å². The van der Waals surface area contributed by atoms with Crippen molar-refractivity contribution >= 4 is 17.7 Å². The van der Waals surface area contributed by atoms with Crippen LogP contribution >= 0.6 is 11.8 Å². The van der Waals surface area contributed by atoms with Crippen molar-refractivity contribution in [3.8, 4) is 0 Å². The summed E-state index contributed by atoms with van der Waals surface area (Å²) in [6.45, 7) is 1.56. The highest BCUT2D eigenvalue weighted by molar-refractivity contribution is 7.99. The van der Waals surface area contributed by atoms with E-state index in [1.807, 2.05) is 34.0 Å². The first-order valence-electron chi connectivity index (χ1n) is 7.08. The van der Waals surface area contributed by atoms with Crippen LogP contribution in [0.2, 0.25) is 0 Å². The van der Waals surface area contributed by atoms with Gasteiger partial charge in [-0.05, 0) is 12.0 Å². The van der Waals surface area contributed by atoms with Gasteiger partial charge in [0, 0.05) is 25.0 Å². The highest BCUT2D eigenvalue weighted by Crippen LogP contribution is 2.21. The molecule has 0 saturated carbocycles. The average molecular weight is 302 g/mol. The molecule has 0 N–H and O–H groups in total. The SMILES string of the molecule is O=C(CSCc1ccccc1)N1CC[C@H](n2ccnn2)C1. The summed E-state index contributed by atoms with van der Waals surface area (Å²) < 4.78 is 1.85. The van der Waals surface area contributed by atoms with Gasteiger partial charge in [-0.15, -0.1) is 16.9 Å². The van der Waals surface area contributed by atoms with E-state index in [9.17, 15) is 4.79 Å². The summed E-state index contributed by atoms with van der Waals surface area (Å²) in [5.41, 5.74) is 1.26. The molecule has 1 fully saturated rings. The lowest BCUT2D eigenvalue weighted by Gasteiger charge is -2.16. The third-order valence-corrected chi connectivity index (χ3v) is 4.66. The van der Waals surface area contributed by atoms with E-state index in [0.717, 1.165) is 25.3 Å². The molecule has 3 rings (SSSR count). The van der Waals surface area contributed by atoms with E-state index in [1.165, 1.54) is 5.56 Å². The Balaban J connectivity index is 1.44. The number of carbonyl (C=O) groups is 1. The van der Waals surface area contributed by atoms with Crippen LogP contribution in [0.15, 0.2) is 42.7 Å². The zero-order valence-corrected chi connectivity index (χ0v) is 12.6. The summed E-state index contributed by atoms with van der Waals surface area (Å²) in [6.07, 6.45) is 4.50. The molecule has 1 saturated heterocycles. The van der Waals surface area contributed by atoms with Crippen LogP contribution < -0.4 is 0 Å². The fourth-order valence-corrected chi connectivity index (χ4v) is 3.41. The number of amides is 1. The lowest BCUT2D eigenvalue weighted by atomic mass is 10.2. The number of rotatable bonds is 5. The molecule has 110 valence electrons. The van der Waals surface area contributed by atoms with Gasteiger partial charge in [0.05, 0.1) is 18.0 Å². The van der Waals surface area contributed by atoms with Gasteiger partial charge in [-0.2, -0.15) is 0 Å². The monoisotopic (exact) mass is 302 g/mol. The van der Waals surface area contributed by atoms with Gasteiger partial charge in [0.2, 0.25) is 5.91 Å². The number of likely N-dealkylation sites (tertiary alicyclic amines) is 1. The summed E-state index contributed by atoms with van der Waals surface area (Å²) in [7, 11) is 0. The molecule has 1 aliphatic heterocycles. The summed E-state index contributed by atoms with van der Waals surface area (Å²) in [5, 5.41) is 7.84. The van der Waals surface area contributed by atoms with Gasteiger partial charge in [0.15, 0.2) is 0 Å². The standard InChI is InChI=1S/C15H18N4OS/c20-15(12-21-11-13-4-2-1-3-5-13)18-8-6-14(10-18)19-9-7-16-17-19/h1-5,7,9,14H,6,8,10-12H2/t14-/m0/s1. The lowest BCUT2D eigenvalue weighted by Crippen LogP contribution is -2.30. The maximum atomic E-state index is 12.2. The quantitative estimate of drug-likeness (QED) is 0.847. The molecule has 0 aliphatic carbocycles. The molecule has 1 atom stereocenters. The van der Waals surface area contributed by atoms with Crippen LogP contribution in [0.5, 0.6) is 0 Å². The highest BCUT2D eigenvalue weighted by Gasteiger charge is 2.27. The fourth-order valence-electron chi connectivity index (χ4n) is 2.52. The number of aromatic nitrogens is 3. The Hall–Kier alpha value is -1.82. The molecule has 0 radical (unpaired) electrons.